The quantitative estimate of drug-likeness (QED) is 0.798. The van der Waals surface area contributed by atoms with Gasteiger partial charge in [-0.05, 0) is 29.1 Å². The number of hydrogen-bond acceptors (Lipinski definition) is 6. The normalized spacial score (nSPS) is 10.7. The molecule has 0 fully saturated rings. The van der Waals surface area contributed by atoms with E-state index in [1.165, 1.54) is 11.3 Å². The van der Waals surface area contributed by atoms with Crippen molar-refractivity contribution >= 4 is 16.3 Å². The van der Waals surface area contributed by atoms with Gasteiger partial charge in [0.15, 0.2) is 5.82 Å². The molecule has 0 aliphatic rings. The molecule has 2 N–H and O–H groups in total. The molecule has 0 amide bonds. The molecule has 6 heteroatoms. The van der Waals surface area contributed by atoms with Crippen LogP contribution in [0.3, 0.4) is 0 Å². The van der Waals surface area contributed by atoms with Gasteiger partial charge in [-0.3, -0.25) is 0 Å². The highest BCUT2D eigenvalue weighted by Crippen LogP contribution is 2.29. The molecule has 102 valence electrons. The van der Waals surface area contributed by atoms with Gasteiger partial charge in [-0.2, -0.15) is 4.98 Å². The van der Waals surface area contributed by atoms with E-state index in [0.717, 1.165) is 16.9 Å². The number of nitrogens with zero attached hydrogens (tertiary/aromatic N) is 2. The molecule has 0 spiro atoms. The molecule has 1 aromatic carbocycles. The summed E-state index contributed by atoms with van der Waals surface area (Å²) in [6, 6.07) is 9.66. The van der Waals surface area contributed by atoms with Gasteiger partial charge >= 0.3 is 0 Å². The largest absolute Gasteiger partial charge is 0.497 e. The Hall–Kier alpha value is -2.34. The average Bonchev–Trinajstić information content (AvgIpc) is 3.08. The molecule has 0 saturated carbocycles. The predicted molar refractivity (Wildman–Crippen MR) is 77.8 cm³/mol. The maximum absolute atomic E-state index is 5.84. The highest BCUT2D eigenvalue weighted by Gasteiger charge is 2.12. The van der Waals surface area contributed by atoms with Crippen molar-refractivity contribution in [3.63, 3.8) is 0 Å². The van der Waals surface area contributed by atoms with Crippen molar-refractivity contribution in [3.8, 4) is 17.2 Å². The highest BCUT2D eigenvalue weighted by molar-refractivity contribution is 7.14. The van der Waals surface area contributed by atoms with Crippen molar-refractivity contribution in [2.75, 3.05) is 12.8 Å². The summed E-state index contributed by atoms with van der Waals surface area (Å²) < 4.78 is 10.4. The van der Waals surface area contributed by atoms with Gasteiger partial charge in [-0.1, -0.05) is 17.3 Å². The minimum atomic E-state index is 0.465. The van der Waals surface area contributed by atoms with Crippen molar-refractivity contribution in [2.45, 2.75) is 6.42 Å². The summed E-state index contributed by atoms with van der Waals surface area (Å²) in [5.74, 6) is 1.93. The summed E-state index contributed by atoms with van der Waals surface area (Å²) in [7, 11) is 1.64. The number of nitrogens with two attached hydrogens (primary N) is 1. The van der Waals surface area contributed by atoms with Crippen LogP contribution >= 0.6 is 11.3 Å². The Morgan fingerprint density at radius 1 is 1.25 bits per heavy atom. The topological polar surface area (TPSA) is 74.2 Å². The molecule has 2 aromatic heterocycles. The van der Waals surface area contributed by atoms with Crippen LogP contribution in [0.5, 0.6) is 5.75 Å². The Morgan fingerprint density at radius 2 is 2.05 bits per heavy atom. The van der Waals surface area contributed by atoms with Crippen LogP contribution < -0.4 is 10.5 Å². The fourth-order valence-electron chi connectivity index (χ4n) is 1.86. The van der Waals surface area contributed by atoms with Crippen molar-refractivity contribution < 1.29 is 9.26 Å². The molecule has 0 bridgehead atoms. The first kappa shape index (κ1) is 12.7. The first-order valence-electron chi connectivity index (χ1n) is 6.05. The number of methoxy groups -OCH3 is 1. The van der Waals surface area contributed by atoms with E-state index >= 15 is 0 Å². The summed E-state index contributed by atoms with van der Waals surface area (Å²) in [5, 5.41) is 6.57. The van der Waals surface area contributed by atoms with Gasteiger partial charge in [0.05, 0.1) is 17.7 Å². The summed E-state index contributed by atoms with van der Waals surface area (Å²) in [6.45, 7) is 0. The Labute approximate surface area is 120 Å². The van der Waals surface area contributed by atoms with Gasteiger partial charge in [0, 0.05) is 6.42 Å². The molecule has 5 nitrogen and oxygen atoms in total. The number of ether oxygens (including phenoxy) is 1. The number of hydrogen-bond donors (Lipinski definition) is 1. The van der Waals surface area contributed by atoms with Crippen LogP contribution in [0.4, 0.5) is 5.00 Å². The SMILES string of the molecule is COc1ccc(Cc2noc(-c3ccsc3N)n2)cc1. The molecule has 0 aliphatic carbocycles. The van der Waals surface area contributed by atoms with E-state index in [9.17, 15) is 0 Å². The van der Waals surface area contributed by atoms with Gasteiger partial charge in [0.1, 0.15) is 5.75 Å². The van der Waals surface area contributed by atoms with Gasteiger partial charge in [0.25, 0.3) is 5.89 Å². The monoisotopic (exact) mass is 287 g/mol. The Bertz CT molecular complexity index is 703. The zero-order chi connectivity index (χ0) is 13.9. The molecule has 0 aliphatic heterocycles. The van der Waals surface area contributed by atoms with Crippen LogP contribution in [0.2, 0.25) is 0 Å². The van der Waals surface area contributed by atoms with Crippen LogP contribution in [0.1, 0.15) is 11.4 Å². The number of aromatic nitrogens is 2. The number of rotatable bonds is 4. The second-order valence-electron chi connectivity index (χ2n) is 4.24. The van der Waals surface area contributed by atoms with E-state index in [0.29, 0.717) is 23.1 Å². The van der Waals surface area contributed by atoms with E-state index in [-0.39, 0.29) is 0 Å². The van der Waals surface area contributed by atoms with Crippen molar-refractivity contribution in [1.82, 2.24) is 10.1 Å². The van der Waals surface area contributed by atoms with Crippen molar-refractivity contribution in [2.24, 2.45) is 0 Å². The van der Waals surface area contributed by atoms with Crippen LogP contribution in [-0.4, -0.2) is 17.3 Å². The van der Waals surface area contributed by atoms with Crippen LogP contribution in [0, 0.1) is 0 Å². The van der Waals surface area contributed by atoms with E-state index in [2.05, 4.69) is 10.1 Å². The third-order valence-corrected chi connectivity index (χ3v) is 3.66. The molecular weight excluding hydrogens is 274 g/mol. The smallest absolute Gasteiger partial charge is 0.260 e. The summed E-state index contributed by atoms with van der Waals surface area (Å²) >= 11 is 1.45. The van der Waals surface area contributed by atoms with Gasteiger partial charge < -0.3 is 15.0 Å². The molecular formula is C14H13N3O2S. The van der Waals surface area contributed by atoms with Crippen LogP contribution in [-0.2, 0) is 6.42 Å². The van der Waals surface area contributed by atoms with Crippen LogP contribution in [0.15, 0.2) is 40.2 Å². The molecule has 0 saturated heterocycles. The zero-order valence-electron chi connectivity index (χ0n) is 10.9. The van der Waals surface area contributed by atoms with Crippen molar-refractivity contribution in [1.29, 1.82) is 0 Å². The first-order valence-corrected chi connectivity index (χ1v) is 6.93. The lowest BCUT2D eigenvalue weighted by Gasteiger charge is -2.00. The van der Waals surface area contributed by atoms with Gasteiger partial charge in [-0.25, -0.2) is 0 Å². The number of nitrogen functional groups attached to an aromatic ring is 1. The lowest BCUT2D eigenvalue weighted by atomic mass is 10.1. The molecule has 0 unspecified atom stereocenters. The van der Waals surface area contributed by atoms with Crippen LogP contribution in [0.25, 0.3) is 11.5 Å². The molecule has 3 rings (SSSR count). The molecule has 3 aromatic rings. The summed E-state index contributed by atoms with van der Waals surface area (Å²) in [5.41, 5.74) is 7.73. The van der Waals surface area contributed by atoms with Gasteiger partial charge in [0.2, 0.25) is 0 Å². The standard InChI is InChI=1S/C14H13N3O2S/c1-18-10-4-2-9(3-5-10)8-12-16-14(19-17-12)11-6-7-20-13(11)15/h2-7H,8,15H2,1H3. The first-order chi connectivity index (χ1) is 9.76. The summed E-state index contributed by atoms with van der Waals surface area (Å²) in [4.78, 5) is 4.37. The maximum atomic E-state index is 5.84. The van der Waals surface area contributed by atoms with E-state index in [4.69, 9.17) is 15.0 Å². The fraction of sp³-hybridized carbons (Fsp3) is 0.143. The second kappa shape index (κ2) is 5.34. The van der Waals surface area contributed by atoms with E-state index in [1.807, 2.05) is 35.7 Å². The maximum Gasteiger partial charge on any atom is 0.260 e. The molecule has 0 radical (unpaired) electrons. The molecule has 20 heavy (non-hydrogen) atoms. The van der Waals surface area contributed by atoms with Crippen molar-refractivity contribution in [3.05, 3.63) is 47.1 Å². The minimum Gasteiger partial charge on any atom is -0.497 e. The van der Waals surface area contributed by atoms with E-state index in [1.54, 1.807) is 7.11 Å². The Kier molecular flexibility index (Phi) is 3.39. The Balaban J connectivity index is 1.78. The lowest BCUT2D eigenvalue weighted by Crippen LogP contribution is -1.91. The number of benzene rings is 1. The lowest BCUT2D eigenvalue weighted by molar-refractivity contribution is 0.414. The fourth-order valence-corrected chi connectivity index (χ4v) is 2.49. The van der Waals surface area contributed by atoms with E-state index < -0.39 is 0 Å². The second-order valence-corrected chi connectivity index (χ2v) is 5.19. The third-order valence-electron chi connectivity index (χ3n) is 2.91. The minimum absolute atomic E-state index is 0.465. The number of anilines is 1. The number of thiophene rings is 1. The predicted octanol–water partition coefficient (Wildman–Crippen LogP) is 2.98. The summed E-state index contributed by atoms with van der Waals surface area (Å²) in [6.07, 6.45) is 0.609. The molecule has 0 atom stereocenters. The van der Waals surface area contributed by atoms with Gasteiger partial charge in [-0.15, -0.1) is 11.3 Å². The zero-order valence-corrected chi connectivity index (χ0v) is 11.7. The third kappa shape index (κ3) is 2.50. The highest BCUT2D eigenvalue weighted by atomic mass is 32.1. The Morgan fingerprint density at radius 3 is 2.70 bits per heavy atom. The molecule has 2 heterocycles. The average molecular weight is 287 g/mol.